The number of rotatable bonds is 11. The van der Waals surface area contributed by atoms with Gasteiger partial charge in [0, 0.05) is 0 Å². The van der Waals surface area contributed by atoms with Crippen LogP contribution in [0, 0.1) is 0 Å². The maximum atomic E-state index is 6.00. The standard InChI is InChI=1S/C19H32.H2O2/c1-3-4-5-6-7-8-9-10-12-15-18(2)19-16-13-11-14-17-19;1-2/h11,13-14,16-18H,3-10,12,15H2,1-2H3;1-2H. The molecule has 2 nitrogen and oxygen atoms in total. The lowest BCUT2D eigenvalue weighted by molar-refractivity contribution is -0.176. The van der Waals surface area contributed by atoms with Crippen molar-refractivity contribution in [3.63, 3.8) is 0 Å². The van der Waals surface area contributed by atoms with Crippen LogP contribution in [0.4, 0.5) is 0 Å². The SMILES string of the molecule is CCCCCCCCCCCC(C)c1ccccc1.OO. The molecule has 0 saturated carbocycles. The van der Waals surface area contributed by atoms with E-state index in [1.54, 1.807) is 0 Å². The smallest absolute Gasteiger partial charge is 0.0190 e. The quantitative estimate of drug-likeness (QED) is 0.270. The second kappa shape index (κ2) is 15.5. The van der Waals surface area contributed by atoms with E-state index in [0.29, 0.717) is 0 Å². The van der Waals surface area contributed by atoms with Crippen LogP contribution in [0.15, 0.2) is 30.3 Å². The second-order valence-corrected chi connectivity index (χ2v) is 5.93. The van der Waals surface area contributed by atoms with Crippen LogP contribution < -0.4 is 0 Å². The molecule has 21 heavy (non-hydrogen) atoms. The Labute approximate surface area is 131 Å². The van der Waals surface area contributed by atoms with Crippen molar-refractivity contribution in [3.05, 3.63) is 35.9 Å². The maximum absolute atomic E-state index is 6.00. The van der Waals surface area contributed by atoms with Gasteiger partial charge in [0.25, 0.3) is 0 Å². The summed E-state index contributed by atoms with van der Waals surface area (Å²) in [7, 11) is 0. The van der Waals surface area contributed by atoms with Gasteiger partial charge in [0.1, 0.15) is 0 Å². The number of benzene rings is 1. The van der Waals surface area contributed by atoms with Gasteiger partial charge in [-0.25, -0.2) is 0 Å². The Kier molecular flexibility index (Phi) is 14.9. The predicted molar refractivity (Wildman–Crippen MR) is 92.0 cm³/mol. The highest BCUT2D eigenvalue weighted by atomic mass is 17.0. The van der Waals surface area contributed by atoms with Crippen LogP contribution in [0.2, 0.25) is 0 Å². The molecule has 1 rings (SSSR count). The van der Waals surface area contributed by atoms with Gasteiger partial charge in [-0.1, -0.05) is 102 Å². The van der Waals surface area contributed by atoms with E-state index in [9.17, 15) is 0 Å². The molecule has 0 aliphatic carbocycles. The molecule has 0 saturated heterocycles. The Morgan fingerprint density at radius 2 is 1.24 bits per heavy atom. The third-order valence-corrected chi connectivity index (χ3v) is 4.11. The lowest BCUT2D eigenvalue weighted by atomic mass is 9.95. The van der Waals surface area contributed by atoms with Crippen molar-refractivity contribution in [2.24, 2.45) is 0 Å². The fourth-order valence-electron chi connectivity index (χ4n) is 2.71. The molecule has 0 bridgehead atoms. The number of hydrogen-bond acceptors (Lipinski definition) is 2. The first kappa shape index (κ1) is 20.1. The molecule has 0 radical (unpaired) electrons. The van der Waals surface area contributed by atoms with Crippen molar-refractivity contribution in [2.45, 2.75) is 84.0 Å². The van der Waals surface area contributed by atoms with Crippen molar-refractivity contribution < 1.29 is 10.5 Å². The predicted octanol–water partition coefficient (Wildman–Crippen LogP) is 6.73. The molecule has 0 aromatic heterocycles. The van der Waals surface area contributed by atoms with Crippen molar-refractivity contribution in [3.8, 4) is 0 Å². The molecule has 0 aliphatic heterocycles. The normalized spacial score (nSPS) is 11.6. The van der Waals surface area contributed by atoms with E-state index < -0.39 is 0 Å². The first-order chi connectivity index (χ1) is 10.3. The van der Waals surface area contributed by atoms with E-state index in [4.69, 9.17) is 10.5 Å². The van der Waals surface area contributed by atoms with Gasteiger partial charge in [-0.05, 0) is 17.9 Å². The summed E-state index contributed by atoms with van der Waals surface area (Å²) in [5.41, 5.74) is 1.50. The van der Waals surface area contributed by atoms with E-state index in [1.807, 2.05) is 0 Å². The maximum Gasteiger partial charge on any atom is -0.0190 e. The van der Waals surface area contributed by atoms with E-state index >= 15 is 0 Å². The summed E-state index contributed by atoms with van der Waals surface area (Å²) < 4.78 is 0. The monoisotopic (exact) mass is 294 g/mol. The average molecular weight is 294 g/mol. The number of unbranched alkanes of at least 4 members (excludes halogenated alkanes) is 8. The van der Waals surface area contributed by atoms with Crippen LogP contribution >= 0.6 is 0 Å². The fourth-order valence-corrected chi connectivity index (χ4v) is 2.71. The third-order valence-electron chi connectivity index (χ3n) is 4.11. The minimum Gasteiger partial charge on any atom is -0.255 e. The summed E-state index contributed by atoms with van der Waals surface area (Å²) in [6, 6.07) is 10.9. The zero-order valence-corrected chi connectivity index (χ0v) is 13.9. The third kappa shape index (κ3) is 11.5. The summed E-state index contributed by atoms with van der Waals surface area (Å²) in [6.07, 6.45) is 14.2. The molecular weight excluding hydrogens is 260 g/mol. The molecule has 0 fully saturated rings. The molecule has 122 valence electrons. The van der Waals surface area contributed by atoms with Crippen molar-refractivity contribution in [2.75, 3.05) is 0 Å². The van der Waals surface area contributed by atoms with E-state index in [-0.39, 0.29) is 0 Å². The minimum absolute atomic E-state index is 0.728. The molecule has 0 spiro atoms. The zero-order chi connectivity index (χ0) is 15.8. The molecule has 1 aromatic rings. The largest absolute Gasteiger partial charge is 0.255 e. The topological polar surface area (TPSA) is 40.5 Å². The molecule has 2 N–H and O–H groups in total. The first-order valence-electron chi connectivity index (χ1n) is 8.59. The molecule has 1 unspecified atom stereocenters. The van der Waals surface area contributed by atoms with Crippen LogP contribution in [-0.4, -0.2) is 10.5 Å². The lowest BCUT2D eigenvalue weighted by Gasteiger charge is -2.11. The summed E-state index contributed by atoms with van der Waals surface area (Å²) in [6.45, 7) is 4.65. The molecule has 2 heteroatoms. The van der Waals surface area contributed by atoms with Crippen molar-refractivity contribution in [1.29, 1.82) is 0 Å². The van der Waals surface area contributed by atoms with E-state index in [1.165, 1.54) is 69.8 Å². The fraction of sp³-hybridized carbons (Fsp3) is 0.684. The number of hydrogen-bond donors (Lipinski definition) is 2. The van der Waals surface area contributed by atoms with Crippen LogP contribution in [0.5, 0.6) is 0 Å². The molecule has 0 aliphatic rings. The summed E-state index contributed by atoms with van der Waals surface area (Å²) in [5, 5.41) is 12.0. The van der Waals surface area contributed by atoms with Gasteiger partial charge < -0.3 is 0 Å². The van der Waals surface area contributed by atoms with Crippen LogP contribution in [0.1, 0.15) is 89.5 Å². The highest BCUT2D eigenvalue weighted by molar-refractivity contribution is 5.18. The Bertz CT molecular complexity index is 298. The van der Waals surface area contributed by atoms with E-state index in [0.717, 1.165) is 5.92 Å². The van der Waals surface area contributed by atoms with E-state index in [2.05, 4.69) is 44.2 Å². The Hall–Kier alpha value is -0.860. The van der Waals surface area contributed by atoms with Gasteiger partial charge in [0.2, 0.25) is 0 Å². The highest BCUT2D eigenvalue weighted by Gasteiger charge is 2.03. The van der Waals surface area contributed by atoms with Gasteiger partial charge in [-0.15, -0.1) is 0 Å². The molecule has 1 aromatic carbocycles. The van der Waals surface area contributed by atoms with Gasteiger partial charge in [-0.3, -0.25) is 10.5 Å². The molecule has 0 amide bonds. The second-order valence-electron chi connectivity index (χ2n) is 5.93. The Balaban J connectivity index is 0.00000191. The van der Waals surface area contributed by atoms with Crippen LogP contribution in [0.25, 0.3) is 0 Å². The highest BCUT2D eigenvalue weighted by Crippen LogP contribution is 2.21. The van der Waals surface area contributed by atoms with Gasteiger partial charge in [0.15, 0.2) is 0 Å². The first-order valence-corrected chi connectivity index (χ1v) is 8.59. The summed E-state index contributed by atoms with van der Waals surface area (Å²) >= 11 is 0. The summed E-state index contributed by atoms with van der Waals surface area (Å²) in [4.78, 5) is 0. The van der Waals surface area contributed by atoms with Crippen molar-refractivity contribution >= 4 is 0 Å². The minimum atomic E-state index is 0.728. The molecule has 1 atom stereocenters. The average Bonchev–Trinajstić information content (AvgIpc) is 2.56. The van der Waals surface area contributed by atoms with Crippen LogP contribution in [0.3, 0.4) is 0 Å². The molecular formula is C19H34O2. The van der Waals surface area contributed by atoms with Gasteiger partial charge >= 0.3 is 0 Å². The van der Waals surface area contributed by atoms with Gasteiger partial charge in [0.05, 0.1) is 0 Å². The van der Waals surface area contributed by atoms with Crippen molar-refractivity contribution in [1.82, 2.24) is 0 Å². The van der Waals surface area contributed by atoms with Crippen LogP contribution in [-0.2, 0) is 0 Å². The zero-order valence-electron chi connectivity index (χ0n) is 13.9. The Morgan fingerprint density at radius 1 is 0.762 bits per heavy atom. The molecule has 0 heterocycles. The summed E-state index contributed by atoms with van der Waals surface area (Å²) in [5.74, 6) is 0.728. The Morgan fingerprint density at radius 3 is 1.76 bits per heavy atom. The van der Waals surface area contributed by atoms with Gasteiger partial charge in [-0.2, -0.15) is 0 Å². The lowest BCUT2D eigenvalue weighted by Crippen LogP contribution is -1.93.